The fourth-order valence-corrected chi connectivity index (χ4v) is 2.99. The molecule has 0 bridgehead atoms. The SMILES string of the molecule is O=C(NCc1ccco1)c1cc2occc2n1Cc1ccc(C(F)(F)F)cc1. The smallest absolute Gasteiger partial charge is 0.416 e. The van der Waals surface area contributed by atoms with Gasteiger partial charge in [-0.25, -0.2) is 0 Å². The Morgan fingerprint density at radius 3 is 2.50 bits per heavy atom. The van der Waals surface area contributed by atoms with Crippen molar-refractivity contribution in [2.24, 2.45) is 0 Å². The molecule has 0 aliphatic carbocycles. The molecule has 1 N–H and O–H groups in total. The first-order valence-corrected chi connectivity index (χ1v) is 8.45. The van der Waals surface area contributed by atoms with Gasteiger partial charge in [-0.05, 0) is 29.8 Å². The van der Waals surface area contributed by atoms with Crippen LogP contribution in [-0.4, -0.2) is 10.5 Å². The van der Waals surface area contributed by atoms with Crippen LogP contribution in [0.3, 0.4) is 0 Å². The van der Waals surface area contributed by atoms with Gasteiger partial charge in [0.15, 0.2) is 5.58 Å². The molecular formula is C20H15F3N2O3. The Morgan fingerprint density at radius 2 is 1.82 bits per heavy atom. The second-order valence-corrected chi connectivity index (χ2v) is 6.24. The highest BCUT2D eigenvalue weighted by atomic mass is 19.4. The van der Waals surface area contributed by atoms with Gasteiger partial charge in [-0.1, -0.05) is 12.1 Å². The van der Waals surface area contributed by atoms with E-state index < -0.39 is 11.7 Å². The van der Waals surface area contributed by atoms with Gasteiger partial charge >= 0.3 is 6.18 Å². The summed E-state index contributed by atoms with van der Waals surface area (Å²) in [5, 5.41) is 2.76. The van der Waals surface area contributed by atoms with Gasteiger partial charge in [-0.3, -0.25) is 4.79 Å². The quantitative estimate of drug-likeness (QED) is 0.533. The number of carbonyl (C=O) groups excluding carboxylic acids is 1. The maximum atomic E-state index is 12.8. The maximum absolute atomic E-state index is 12.8. The van der Waals surface area contributed by atoms with Gasteiger partial charge in [0.25, 0.3) is 5.91 Å². The van der Waals surface area contributed by atoms with E-state index in [0.29, 0.717) is 28.1 Å². The van der Waals surface area contributed by atoms with Crippen molar-refractivity contribution < 1.29 is 26.8 Å². The topological polar surface area (TPSA) is 60.3 Å². The van der Waals surface area contributed by atoms with E-state index in [9.17, 15) is 18.0 Å². The lowest BCUT2D eigenvalue weighted by Crippen LogP contribution is -2.25. The zero-order valence-corrected chi connectivity index (χ0v) is 14.5. The zero-order valence-electron chi connectivity index (χ0n) is 14.5. The number of nitrogens with one attached hydrogen (secondary N) is 1. The highest BCUT2D eigenvalue weighted by Gasteiger charge is 2.30. The van der Waals surface area contributed by atoms with E-state index in [-0.39, 0.29) is 19.0 Å². The molecule has 8 heteroatoms. The minimum absolute atomic E-state index is 0.221. The van der Waals surface area contributed by atoms with Crippen LogP contribution in [0.25, 0.3) is 11.1 Å². The molecule has 0 radical (unpaired) electrons. The lowest BCUT2D eigenvalue weighted by molar-refractivity contribution is -0.137. The molecule has 0 spiro atoms. The molecule has 1 aromatic carbocycles. The number of amides is 1. The molecule has 4 aromatic rings. The van der Waals surface area contributed by atoms with Crippen molar-refractivity contribution in [2.45, 2.75) is 19.3 Å². The minimum atomic E-state index is -4.39. The Labute approximate surface area is 157 Å². The Morgan fingerprint density at radius 1 is 1.04 bits per heavy atom. The Balaban J connectivity index is 1.60. The van der Waals surface area contributed by atoms with Crippen LogP contribution in [0.2, 0.25) is 0 Å². The predicted molar refractivity (Wildman–Crippen MR) is 94.6 cm³/mol. The first kappa shape index (κ1) is 18.0. The summed E-state index contributed by atoms with van der Waals surface area (Å²) < 4.78 is 50.5. The van der Waals surface area contributed by atoms with Crippen molar-refractivity contribution in [3.05, 3.63) is 83.6 Å². The number of fused-ring (bicyclic) bond motifs is 1. The summed E-state index contributed by atoms with van der Waals surface area (Å²) in [5.41, 5.74) is 1.47. The minimum Gasteiger partial charge on any atom is -0.467 e. The number of hydrogen-bond acceptors (Lipinski definition) is 3. The van der Waals surface area contributed by atoms with Gasteiger partial charge in [0, 0.05) is 18.7 Å². The van der Waals surface area contributed by atoms with Gasteiger partial charge < -0.3 is 18.7 Å². The van der Waals surface area contributed by atoms with Gasteiger partial charge in [-0.2, -0.15) is 13.2 Å². The van der Waals surface area contributed by atoms with E-state index in [1.165, 1.54) is 24.7 Å². The largest absolute Gasteiger partial charge is 0.467 e. The van der Waals surface area contributed by atoms with Crippen LogP contribution in [0.4, 0.5) is 13.2 Å². The van der Waals surface area contributed by atoms with Crippen LogP contribution in [-0.2, 0) is 19.3 Å². The number of carbonyl (C=O) groups is 1. The number of rotatable bonds is 5. The number of alkyl halides is 3. The van der Waals surface area contributed by atoms with Crippen LogP contribution in [0.5, 0.6) is 0 Å². The lowest BCUT2D eigenvalue weighted by Gasteiger charge is -2.12. The third kappa shape index (κ3) is 3.53. The van der Waals surface area contributed by atoms with Crippen molar-refractivity contribution in [1.82, 2.24) is 9.88 Å². The normalized spacial score (nSPS) is 11.8. The fraction of sp³-hybridized carbons (Fsp3) is 0.150. The third-order valence-corrected chi connectivity index (χ3v) is 4.38. The highest BCUT2D eigenvalue weighted by molar-refractivity contribution is 5.97. The molecule has 0 unspecified atom stereocenters. The number of nitrogens with zero attached hydrogens (tertiary/aromatic N) is 1. The molecule has 3 heterocycles. The molecule has 0 fully saturated rings. The summed E-state index contributed by atoms with van der Waals surface area (Å²) >= 11 is 0. The van der Waals surface area contributed by atoms with Crippen LogP contribution in [0, 0.1) is 0 Å². The summed E-state index contributed by atoms with van der Waals surface area (Å²) in [7, 11) is 0. The third-order valence-electron chi connectivity index (χ3n) is 4.38. The Hall–Kier alpha value is -3.42. The van der Waals surface area contributed by atoms with Gasteiger partial charge in [0.05, 0.1) is 30.2 Å². The average Bonchev–Trinajstić information content (AvgIpc) is 3.38. The average molecular weight is 388 g/mol. The van der Waals surface area contributed by atoms with E-state index in [0.717, 1.165) is 12.1 Å². The van der Waals surface area contributed by atoms with Crippen molar-refractivity contribution in [3.63, 3.8) is 0 Å². The molecule has 0 saturated carbocycles. The van der Waals surface area contributed by atoms with Crippen LogP contribution in [0.1, 0.15) is 27.4 Å². The first-order chi connectivity index (χ1) is 13.4. The molecule has 1 amide bonds. The number of hydrogen-bond donors (Lipinski definition) is 1. The van der Waals surface area contributed by atoms with E-state index in [4.69, 9.17) is 8.83 Å². The number of aromatic nitrogens is 1. The Bertz CT molecular complexity index is 1090. The van der Waals surface area contributed by atoms with Gasteiger partial charge in [0.1, 0.15) is 11.5 Å². The second-order valence-electron chi connectivity index (χ2n) is 6.24. The molecule has 0 aliphatic rings. The van der Waals surface area contributed by atoms with Crippen molar-refractivity contribution in [3.8, 4) is 0 Å². The van der Waals surface area contributed by atoms with Gasteiger partial charge in [-0.15, -0.1) is 0 Å². The van der Waals surface area contributed by atoms with Crippen LogP contribution >= 0.6 is 0 Å². The second kappa shape index (κ2) is 6.95. The number of benzene rings is 1. The lowest BCUT2D eigenvalue weighted by atomic mass is 10.1. The summed E-state index contributed by atoms with van der Waals surface area (Å²) in [4.78, 5) is 12.6. The van der Waals surface area contributed by atoms with E-state index >= 15 is 0 Å². The standard InChI is InChI=1S/C20H15F3N2O3/c21-20(22,23)14-5-3-13(4-6-14)12-25-16-7-9-28-18(16)10-17(25)19(26)24-11-15-2-1-8-27-15/h1-10H,11-12H2,(H,24,26). The summed E-state index contributed by atoms with van der Waals surface area (Å²) in [6.07, 6.45) is -1.37. The molecule has 28 heavy (non-hydrogen) atoms. The first-order valence-electron chi connectivity index (χ1n) is 8.45. The Kier molecular flexibility index (Phi) is 4.46. The monoisotopic (exact) mass is 388 g/mol. The molecule has 0 aliphatic heterocycles. The van der Waals surface area contributed by atoms with E-state index in [1.807, 2.05) is 0 Å². The maximum Gasteiger partial charge on any atom is 0.416 e. The zero-order chi connectivity index (χ0) is 19.7. The molecule has 5 nitrogen and oxygen atoms in total. The molecule has 0 saturated heterocycles. The van der Waals surface area contributed by atoms with Crippen molar-refractivity contribution >= 4 is 17.0 Å². The summed E-state index contributed by atoms with van der Waals surface area (Å²) in [6, 6.07) is 11.7. The number of furan rings is 2. The summed E-state index contributed by atoms with van der Waals surface area (Å²) in [5.74, 6) is 0.271. The molecule has 4 rings (SSSR count). The highest BCUT2D eigenvalue weighted by Crippen LogP contribution is 2.29. The van der Waals surface area contributed by atoms with Gasteiger partial charge in [0.2, 0.25) is 0 Å². The van der Waals surface area contributed by atoms with Crippen molar-refractivity contribution in [1.29, 1.82) is 0 Å². The van der Waals surface area contributed by atoms with E-state index in [2.05, 4.69) is 5.32 Å². The predicted octanol–water partition coefficient (Wildman–Crippen LogP) is 4.82. The molecule has 3 aromatic heterocycles. The molecule has 0 atom stereocenters. The van der Waals surface area contributed by atoms with Crippen LogP contribution < -0.4 is 5.32 Å². The van der Waals surface area contributed by atoms with Crippen molar-refractivity contribution in [2.75, 3.05) is 0 Å². The van der Waals surface area contributed by atoms with Crippen LogP contribution in [0.15, 0.2) is 69.9 Å². The van der Waals surface area contributed by atoms with E-state index in [1.54, 1.807) is 28.8 Å². The molecule has 144 valence electrons. The number of halogens is 3. The molecular weight excluding hydrogens is 373 g/mol. The summed E-state index contributed by atoms with van der Waals surface area (Å²) in [6.45, 7) is 0.448. The fourth-order valence-electron chi connectivity index (χ4n) is 2.99.